The summed E-state index contributed by atoms with van der Waals surface area (Å²) in [4.78, 5) is 13.6. The molecule has 1 saturated carbocycles. The van der Waals surface area contributed by atoms with E-state index in [2.05, 4.69) is 21.2 Å². The number of nitrogens with one attached hydrogen (secondary N) is 1. The molecule has 92 valence electrons. The van der Waals surface area contributed by atoms with E-state index in [1.54, 1.807) is 12.1 Å². The highest BCUT2D eigenvalue weighted by Gasteiger charge is 2.29. The maximum Gasteiger partial charge on any atom is 0.241 e. The van der Waals surface area contributed by atoms with E-state index in [0.29, 0.717) is 17.6 Å². The molecule has 0 unspecified atom stereocenters. The highest BCUT2D eigenvalue weighted by molar-refractivity contribution is 9.10. The first-order chi connectivity index (χ1) is 8.08. The van der Waals surface area contributed by atoms with Gasteiger partial charge in [-0.3, -0.25) is 4.79 Å². The van der Waals surface area contributed by atoms with Gasteiger partial charge in [0.25, 0.3) is 0 Å². The first kappa shape index (κ1) is 12.7. The fourth-order valence-corrected chi connectivity index (χ4v) is 2.15. The second kappa shape index (κ2) is 5.27. The lowest BCUT2D eigenvalue weighted by Gasteiger charge is -2.17. The first-order valence-electron chi connectivity index (χ1n) is 5.52. The predicted octanol–water partition coefficient (Wildman–Crippen LogP) is 3.14. The van der Waals surface area contributed by atoms with Gasteiger partial charge in [0.2, 0.25) is 5.91 Å². The Morgan fingerprint density at radius 3 is 2.94 bits per heavy atom. The average molecular weight is 318 g/mol. The highest BCUT2D eigenvalue weighted by atomic mass is 79.9. The number of anilines is 1. The number of benzene rings is 1. The Bertz CT molecular complexity index is 435. The zero-order valence-electron chi connectivity index (χ0n) is 9.54. The van der Waals surface area contributed by atoms with Crippen LogP contribution in [0.5, 0.6) is 0 Å². The average Bonchev–Trinajstić information content (AvgIpc) is 3.13. The molecule has 1 aliphatic rings. The Morgan fingerprint density at radius 2 is 2.29 bits per heavy atom. The standard InChI is InChI=1S/C12H14BrClN2O/c1-16(9-3-4-9)12(17)7-15-11-6-8(14)2-5-10(11)13/h2,5-6,9,15H,3-4,7H2,1H3. The van der Waals surface area contributed by atoms with Crippen molar-refractivity contribution >= 4 is 39.1 Å². The van der Waals surface area contributed by atoms with Crippen molar-refractivity contribution in [1.82, 2.24) is 4.90 Å². The topological polar surface area (TPSA) is 32.3 Å². The van der Waals surface area contributed by atoms with Crippen LogP contribution in [0.3, 0.4) is 0 Å². The van der Waals surface area contributed by atoms with Crippen molar-refractivity contribution in [3.8, 4) is 0 Å². The molecule has 0 saturated heterocycles. The Kier molecular flexibility index (Phi) is 3.94. The van der Waals surface area contributed by atoms with E-state index < -0.39 is 0 Å². The van der Waals surface area contributed by atoms with Gasteiger partial charge in [0.15, 0.2) is 0 Å². The normalized spacial score (nSPS) is 14.5. The number of carbonyl (C=O) groups is 1. The van der Waals surface area contributed by atoms with Crippen molar-refractivity contribution in [2.45, 2.75) is 18.9 Å². The molecule has 0 bridgehead atoms. The Hall–Kier alpha value is -0.740. The molecule has 1 aromatic rings. The van der Waals surface area contributed by atoms with Crippen LogP contribution in [0.25, 0.3) is 0 Å². The van der Waals surface area contributed by atoms with Crippen molar-refractivity contribution in [2.75, 3.05) is 18.9 Å². The highest BCUT2D eigenvalue weighted by Crippen LogP contribution is 2.27. The lowest BCUT2D eigenvalue weighted by atomic mass is 10.3. The molecule has 1 N–H and O–H groups in total. The largest absolute Gasteiger partial charge is 0.375 e. The fourth-order valence-electron chi connectivity index (χ4n) is 1.59. The van der Waals surface area contributed by atoms with Gasteiger partial charge in [0.1, 0.15) is 0 Å². The summed E-state index contributed by atoms with van der Waals surface area (Å²) in [5, 5.41) is 3.75. The Labute approximate surface area is 114 Å². The number of amides is 1. The summed E-state index contributed by atoms with van der Waals surface area (Å²) in [6.45, 7) is 0.298. The van der Waals surface area contributed by atoms with Crippen molar-refractivity contribution in [2.24, 2.45) is 0 Å². The maximum absolute atomic E-state index is 11.8. The van der Waals surface area contributed by atoms with Crippen molar-refractivity contribution in [3.63, 3.8) is 0 Å². The van der Waals surface area contributed by atoms with Crippen LogP contribution >= 0.6 is 27.5 Å². The molecule has 1 aliphatic carbocycles. The van der Waals surface area contributed by atoms with E-state index in [-0.39, 0.29) is 5.91 Å². The van der Waals surface area contributed by atoms with Crippen LogP contribution in [0.4, 0.5) is 5.69 Å². The summed E-state index contributed by atoms with van der Waals surface area (Å²) >= 11 is 9.31. The number of carbonyl (C=O) groups excluding carboxylic acids is 1. The number of likely N-dealkylation sites (N-methyl/N-ethyl adjacent to an activating group) is 1. The third kappa shape index (κ3) is 3.36. The van der Waals surface area contributed by atoms with Crippen LogP contribution in [0, 0.1) is 0 Å². The molecule has 0 atom stereocenters. The molecule has 0 spiro atoms. The number of hydrogen-bond acceptors (Lipinski definition) is 2. The Balaban J connectivity index is 1.92. The minimum atomic E-state index is 0.111. The van der Waals surface area contributed by atoms with Gasteiger partial charge in [-0.1, -0.05) is 11.6 Å². The van der Waals surface area contributed by atoms with Crippen molar-refractivity contribution in [3.05, 3.63) is 27.7 Å². The molecule has 2 rings (SSSR count). The van der Waals surface area contributed by atoms with E-state index in [9.17, 15) is 4.79 Å². The van der Waals surface area contributed by atoms with E-state index in [0.717, 1.165) is 23.0 Å². The predicted molar refractivity (Wildman–Crippen MR) is 73.4 cm³/mol. The van der Waals surface area contributed by atoms with Gasteiger partial charge in [-0.25, -0.2) is 0 Å². The zero-order valence-corrected chi connectivity index (χ0v) is 11.9. The molecule has 3 nitrogen and oxygen atoms in total. The molecular weight excluding hydrogens is 304 g/mol. The maximum atomic E-state index is 11.8. The van der Waals surface area contributed by atoms with Crippen LogP contribution in [0.2, 0.25) is 5.02 Å². The van der Waals surface area contributed by atoms with E-state index in [4.69, 9.17) is 11.6 Å². The van der Waals surface area contributed by atoms with Crippen LogP contribution in [0.1, 0.15) is 12.8 Å². The molecule has 0 heterocycles. The van der Waals surface area contributed by atoms with E-state index in [1.165, 1.54) is 0 Å². The van der Waals surface area contributed by atoms with Gasteiger partial charge < -0.3 is 10.2 Å². The molecule has 0 aliphatic heterocycles. The second-order valence-electron chi connectivity index (χ2n) is 4.21. The van der Waals surface area contributed by atoms with E-state index in [1.807, 2.05) is 18.0 Å². The number of rotatable bonds is 4. The summed E-state index contributed by atoms with van der Waals surface area (Å²) < 4.78 is 0.906. The molecule has 0 radical (unpaired) electrons. The number of hydrogen-bond donors (Lipinski definition) is 1. The zero-order chi connectivity index (χ0) is 12.4. The minimum absolute atomic E-state index is 0.111. The molecule has 0 aromatic heterocycles. The molecular formula is C12H14BrClN2O. The van der Waals surface area contributed by atoms with Crippen molar-refractivity contribution in [1.29, 1.82) is 0 Å². The summed E-state index contributed by atoms with van der Waals surface area (Å²) in [6.07, 6.45) is 2.26. The summed E-state index contributed by atoms with van der Waals surface area (Å²) in [5.74, 6) is 0.111. The van der Waals surface area contributed by atoms with Gasteiger partial charge in [0.05, 0.1) is 12.2 Å². The first-order valence-corrected chi connectivity index (χ1v) is 6.69. The van der Waals surface area contributed by atoms with E-state index >= 15 is 0 Å². The smallest absolute Gasteiger partial charge is 0.241 e. The van der Waals surface area contributed by atoms with Crippen LogP contribution < -0.4 is 5.32 Å². The third-order valence-corrected chi connectivity index (χ3v) is 3.77. The van der Waals surface area contributed by atoms with Crippen molar-refractivity contribution < 1.29 is 4.79 Å². The second-order valence-corrected chi connectivity index (χ2v) is 5.50. The summed E-state index contributed by atoms with van der Waals surface area (Å²) in [7, 11) is 1.86. The molecule has 1 aromatic carbocycles. The Morgan fingerprint density at radius 1 is 1.59 bits per heavy atom. The molecule has 1 fully saturated rings. The monoisotopic (exact) mass is 316 g/mol. The van der Waals surface area contributed by atoms with Gasteiger partial charge in [-0.2, -0.15) is 0 Å². The van der Waals surface area contributed by atoms with Gasteiger partial charge in [0, 0.05) is 22.6 Å². The summed E-state index contributed by atoms with van der Waals surface area (Å²) in [6, 6.07) is 5.91. The van der Waals surface area contributed by atoms with Gasteiger partial charge >= 0.3 is 0 Å². The van der Waals surface area contributed by atoms with Crippen LogP contribution in [0.15, 0.2) is 22.7 Å². The quantitative estimate of drug-likeness (QED) is 0.925. The molecule has 1 amide bonds. The summed E-state index contributed by atoms with van der Waals surface area (Å²) in [5.41, 5.74) is 0.843. The lowest BCUT2D eigenvalue weighted by molar-refractivity contribution is -0.128. The number of halogens is 2. The fraction of sp³-hybridized carbons (Fsp3) is 0.417. The van der Waals surface area contributed by atoms with Crippen LogP contribution in [-0.4, -0.2) is 30.4 Å². The lowest BCUT2D eigenvalue weighted by Crippen LogP contribution is -2.33. The van der Waals surface area contributed by atoms with Gasteiger partial charge in [-0.05, 0) is 47.0 Å². The number of nitrogens with zero attached hydrogens (tertiary/aromatic N) is 1. The molecule has 17 heavy (non-hydrogen) atoms. The third-order valence-electron chi connectivity index (χ3n) is 2.85. The molecule has 5 heteroatoms. The SMILES string of the molecule is CN(C(=O)CNc1cc(Cl)ccc1Br)C1CC1. The minimum Gasteiger partial charge on any atom is -0.375 e. The van der Waals surface area contributed by atoms with Gasteiger partial charge in [-0.15, -0.1) is 0 Å². The van der Waals surface area contributed by atoms with Crippen LogP contribution in [-0.2, 0) is 4.79 Å².